The molecule has 110 valence electrons. The number of rotatable bonds is 4. The van der Waals surface area contributed by atoms with Crippen molar-refractivity contribution < 1.29 is 13.2 Å². The van der Waals surface area contributed by atoms with Crippen LogP contribution in [0, 0.1) is 0 Å². The molecule has 2 N–H and O–H groups in total. The van der Waals surface area contributed by atoms with Crippen LogP contribution in [-0.4, -0.2) is 25.8 Å². The predicted octanol–water partition coefficient (Wildman–Crippen LogP) is 1.41. The van der Waals surface area contributed by atoms with Gasteiger partial charge in [-0.3, -0.25) is 4.79 Å². The molecule has 0 atom stereocenters. The monoisotopic (exact) mass is 296 g/mol. The minimum atomic E-state index is -3.69. The Balaban J connectivity index is 2.18. The van der Waals surface area contributed by atoms with E-state index in [1.807, 2.05) is 0 Å². The predicted molar refractivity (Wildman–Crippen MR) is 76.5 cm³/mol. The van der Waals surface area contributed by atoms with Gasteiger partial charge in [-0.15, -0.1) is 0 Å². The normalized spacial score (nSPS) is 15.0. The second-order valence-electron chi connectivity index (χ2n) is 5.14. The zero-order chi connectivity index (χ0) is 14.8. The van der Waals surface area contributed by atoms with E-state index in [1.54, 1.807) is 17.0 Å². The fraction of sp³-hybridized carbons (Fsp3) is 0.500. The lowest BCUT2D eigenvalue weighted by atomic mass is 9.99. The van der Waals surface area contributed by atoms with Gasteiger partial charge in [-0.1, -0.05) is 19.4 Å². The van der Waals surface area contributed by atoms with Crippen molar-refractivity contribution in [1.29, 1.82) is 0 Å². The summed E-state index contributed by atoms with van der Waals surface area (Å²) in [6.45, 7) is 3.22. The van der Waals surface area contributed by atoms with Gasteiger partial charge in [-0.05, 0) is 36.1 Å². The maximum absolute atomic E-state index is 12.0. The molecule has 1 heterocycles. The third-order valence-corrected chi connectivity index (χ3v) is 4.53. The van der Waals surface area contributed by atoms with Crippen molar-refractivity contribution in [3.8, 4) is 0 Å². The maximum atomic E-state index is 12.0. The van der Waals surface area contributed by atoms with Gasteiger partial charge >= 0.3 is 0 Å². The van der Waals surface area contributed by atoms with E-state index in [-0.39, 0.29) is 10.8 Å². The van der Waals surface area contributed by atoms with Crippen LogP contribution in [0.3, 0.4) is 0 Å². The molecule has 20 heavy (non-hydrogen) atoms. The summed E-state index contributed by atoms with van der Waals surface area (Å²) in [4.78, 5) is 13.9. The number of unbranched alkanes of at least 4 members (excludes halogenated alkanes) is 1. The first-order valence-corrected chi connectivity index (χ1v) is 8.39. The molecule has 1 aliphatic rings. The molecule has 1 amide bonds. The number of amides is 1. The lowest BCUT2D eigenvalue weighted by Crippen LogP contribution is -2.36. The summed E-state index contributed by atoms with van der Waals surface area (Å²) < 4.78 is 22.7. The third kappa shape index (κ3) is 3.37. The number of fused-ring (bicyclic) bond motifs is 1. The Bertz CT molecular complexity index is 611. The number of benzene rings is 1. The van der Waals surface area contributed by atoms with E-state index in [9.17, 15) is 13.2 Å². The molecule has 1 aliphatic heterocycles. The smallest absolute Gasteiger partial charge is 0.238 e. The first kappa shape index (κ1) is 15.0. The molecule has 0 saturated carbocycles. The molecule has 2 rings (SSSR count). The summed E-state index contributed by atoms with van der Waals surface area (Å²) in [6.07, 6.45) is 3.20. The van der Waals surface area contributed by atoms with Crippen molar-refractivity contribution in [2.24, 2.45) is 5.14 Å². The minimum absolute atomic E-state index is 0.110. The van der Waals surface area contributed by atoms with E-state index in [0.717, 1.165) is 30.4 Å². The van der Waals surface area contributed by atoms with Crippen LogP contribution >= 0.6 is 0 Å². The Hall–Kier alpha value is -1.40. The summed E-state index contributed by atoms with van der Waals surface area (Å²) in [5.41, 5.74) is 1.98. The summed E-state index contributed by atoms with van der Waals surface area (Å²) in [5, 5.41) is 5.14. The Labute approximate surface area is 119 Å². The SMILES string of the molecule is CCCCC(=O)N1CCc2ccc(S(N)(=O)=O)cc2C1. The number of primary sulfonamides is 1. The average molecular weight is 296 g/mol. The molecule has 0 unspecified atom stereocenters. The number of nitrogens with two attached hydrogens (primary N) is 1. The molecule has 0 aliphatic carbocycles. The number of hydrogen-bond donors (Lipinski definition) is 1. The fourth-order valence-electron chi connectivity index (χ4n) is 2.41. The van der Waals surface area contributed by atoms with Crippen molar-refractivity contribution >= 4 is 15.9 Å². The third-order valence-electron chi connectivity index (χ3n) is 3.62. The van der Waals surface area contributed by atoms with Crippen LogP contribution in [0.5, 0.6) is 0 Å². The Morgan fingerprint density at radius 1 is 1.35 bits per heavy atom. The van der Waals surface area contributed by atoms with Gasteiger partial charge in [0.1, 0.15) is 0 Å². The van der Waals surface area contributed by atoms with E-state index in [2.05, 4.69) is 6.92 Å². The second-order valence-corrected chi connectivity index (χ2v) is 6.71. The van der Waals surface area contributed by atoms with Gasteiger partial charge in [0.25, 0.3) is 0 Å². The summed E-state index contributed by atoms with van der Waals surface area (Å²) in [6, 6.07) is 4.91. The molecule has 0 fully saturated rings. The second kappa shape index (κ2) is 5.93. The van der Waals surface area contributed by atoms with Gasteiger partial charge in [0.15, 0.2) is 0 Å². The summed E-state index contributed by atoms with van der Waals surface area (Å²) in [7, 11) is -3.69. The highest BCUT2D eigenvalue weighted by molar-refractivity contribution is 7.89. The maximum Gasteiger partial charge on any atom is 0.238 e. The lowest BCUT2D eigenvalue weighted by Gasteiger charge is -2.29. The fourth-order valence-corrected chi connectivity index (χ4v) is 2.97. The minimum Gasteiger partial charge on any atom is -0.338 e. The molecular weight excluding hydrogens is 276 g/mol. The zero-order valence-corrected chi connectivity index (χ0v) is 12.4. The Kier molecular flexibility index (Phi) is 4.45. The van der Waals surface area contributed by atoms with Crippen LogP contribution in [0.15, 0.2) is 23.1 Å². The van der Waals surface area contributed by atoms with Crippen LogP contribution in [-0.2, 0) is 27.8 Å². The van der Waals surface area contributed by atoms with E-state index in [0.29, 0.717) is 19.5 Å². The van der Waals surface area contributed by atoms with Crippen molar-refractivity contribution in [3.05, 3.63) is 29.3 Å². The standard InChI is InChI=1S/C14H20N2O3S/c1-2-3-4-14(17)16-8-7-11-5-6-13(20(15,18)19)9-12(11)10-16/h5-6,9H,2-4,7-8,10H2,1H3,(H2,15,18,19). The summed E-state index contributed by atoms with van der Waals surface area (Å²) >= 11 is 0. The van der Waals surface area contributed by atoms with E-state index in [4.69, 9.17) is 5.14 Å². The van der Waals surface area contributed by atoms with Gasteiger partial charge in [-0.2, -0.15) is 0 Å². The number of carbonyl (C=O) groups excluding carboxylic acids is 1. The van der Waals surface area contributed by atoms with Gasteiger partial charge in [0.2, 0.25) is 15.9 Å². The van der Waals surface area contributed by atoms with Gasteiger partial charge in [-0.25, -0.2) is 13.6 Å². The first-order chi connectivity index (χ1) is 9.41. The van der Waals surface area contributed by atoms with Crippen LogP contribution in [0.4, 0.5) is 0 Å². The molecule has 0 bridgehead atoms. The molecule has 1 aromatic rings. The molecule has 0 saturated heterocycles. The quantitative estimate of drug-likeness (QED) is 0.912. The highest BCUT2D eigenvalue weighted by atomic mass is 32.2. The molecule has 0 spiro atoms. The molecular formula is C14H20N2O3S. The van der Waals surface area contributed by atoms with E-state index in [1.165, 1.54) is 6.07 Å². The van der Waals surface area contributed by atoms with Crippen molar-refractivity contribution in [3.63, 3.8) is 0 Å². The van der Waals surface area contributed by atoms with Crippen LogP contribution in [0.2, 0.25) is 0 Å². The highest BCUT2D eigenvalue weighted by Crippen LogP contribution is 2.22. The number of nitrogens with zero attached hydrogens (tertiary/aromatic N) is 1. The Morgan fingerprint density at radius 2 is 2.10 bits per heavy atom. The van der Waals surface area contributed by atoms with Gasteiger partial charge in [0, 0.05) is 19.5 Å². The first-order valence-electron chi connectivity index (χ1n) is 6.84. The highest BCUT2D eigenvalue weighted by Gasteiger charge is 2.21. The molecule has 1 aromatic carbocycles. The van der Waals surface area contributed by atoms with Crippen molar-refractivity contribution in [2.45, 2.75) is 44.0 Å². The van der Waals surface area contributed by atoms with Crippen molar-refractivity contribution in [2.75, 3.05) is 6.54 Å². The summed E-state index contributed by atoms with van der Waals surface area (Å²) in [5.74, 6) is 0.138. The molecule has 6 heteroatoms. The van der Waals surface area contributed by atoms with Crippen LogP contribution < -0.4 is 5.14 Å². The number of hydrogen-bond acceptors (Lipinski definition) is 3. The molecule has 0 radical (unpaired) electrons. The molecule has 0 aromatic heterocycles. The Morgan fingerprint density at radius 3 is 2.75 bits per heavy atom. The van der Waals surface area contributed by atoms with Crippen LogP contribution in [0.1, 0.15) is 37.3 Å². The average Bonchev–Trinajstić information content (AvgIpc) is 2.42. The number of carbonyl (C=O) groups is 1. The van der Waals surface area contributed by atoms with Crippen LogP contribution in [0.25, 0.3) is 0 Å². The molecule has 5 nitrogen and oxygen atoms in total. The van der Waals surface area contributed by atoms with E-state index < -0.39 is 10.0 Å². The zero-order valence-electron chi connectivity index (χ0n) is 11.6. The largest absolute Gasteiger partial charge is 0.338 e. The van der Waals surface area contributed by atoms with E-state index >= 15 is 0 Å². The topological polar surface area (TPSA) is 80.5 Å². The number of sulfonamides is 1. The van der Waals surface area contributed by atoms with Crippen molar-refractivity contribution in [1.82, 2.24) is 4.90 Å². The van der Waals surface area contributed by atoms with Gasteiger partial charge in [0.05, 0.1) is 4.90 Å². The van der Waals surface area contributed by atoms with Gasteiger partial charge < -0.3 is 4.90 Å². The lowest BCUT2D eigenvalue weighted by molar-refractivity contribution is -0.132.